The second kappa shape index (κ2) is 7.82. The summed E-state index contributed by atoms with van der Waals surface area (Å²) in [6.07, 6.45) is 2.40. The Morgan fingerprint density at radius 2 is 2.00 bits per heavy atom. The third-order valence-electron chi connectivity index (χ3n) is 5.37. The number of anilines is 1. The van der Waals surface area contributed by atoms with Gasteiger partial charge < -0.3 is 15.0 Å². The molecule has 0 saturated carbocycles. The molecule has 2 amide bonds. The van der Waals surface area contributed by atoms with Gasteiger partial charge in [-0.2, -0.15) is 0 Å². The van der Waals surface area contributed by atoms with E-state index in [9.17, 15) is 9.59 Å². The highest BCUT2D eigenvalue weighted by Gasteiger charge is 2.29. The van der Waals surface area contributed by atoms with E-state index < -0.39 is 0 Å². The average molecular weight is 385 g/mol. The van der Waals surface area contributed by atoms with Crippen molar-refractivity contribution in [2.45, 2.75) is 26.2 Å². The molecule has 1 aliphatic carbocycles. The number of ether oxygens (including phenoxy) is 1. The number of benzene rings is 1. The van der Waals surface area contributed by atoms with Gasteiger partial charge in [-0.25, -0.2) is 0 Å². The van der Waals surface area contributed by atoms with E-state index in [0.717, 1.165) is 34.5 Å². The van der Waals surface area contributed by atoms with Crippen LogP contribution in [-0.2, 0) is 22.4 Å². The molecule has 2 heterocycles. The predicted molar refractivity (Wildman–Crippen MR) is 106 cm³/mol. The third-order valence-corrected chi connectivity index (χ3v) is 6.59. The van der Waals surface area contributed by atoms with Crippen molar-refractivity contribution in [3.05, 3.63) is 51.2 Å². The number of carbonyl (C=O) groups excluding carboxylic acids is 2. The molecule has 6 heteroatoms. The second-order valence-corrected chi connectivity index (χ2v) is 8.34. The van der Waals surface area contributed by atoms with Crippen molar-refractivity contribution in [3.63, 3.8) is 0 Å². The molecule has 2 aliphatic rings. The minimum absolute atomic E-state index is 0.0435. The van der Waals surface area contributed by atoms with Crippen LogP contribution < -0.4 is 5.32 Å². The van der Waals surface area contributed by atoms with Crippen LogP contribution in [0.15, 0.2) is 30.3 Å². The van der Waals surface area contributed by atoms with Crippen LogP contribution in [0.1, 0.15) is 32.1 Å². The molecule has 4 rings (SSSR count). The molecule has 1 aliphatic heterocycles. The Kier molecular flexibility index (Phi) is 5.27. The summed E-state index contributed by atoms with van der Waals surface area (Å²) >= 11 is 1.59. The average Bonchev–Trinajstić information content (AvgIpc) is 3.13. The number of carbonyl (C=O) groups is 2. The molecule has 27 heavy (non-hydrogen) atoms. The van der Waals surface area contributed by atoms with Gasteiger partial charge >= 0.3 is 0 Å². The van der Waals surface area contributed by atoms with Crippen molar-refractivity contribution in [1.82, 2.24) is 4.90 Å². The quantitative estimate of drug-likeness (QED) is 0.884. The van der Waals surface area contributed by atoms with Gasteiger partial charge in [-0.15, -0.1) is 11.3 Å². The van der Waals surface area contributed by atoms with Gasteiger partial charge in [-0.1, -0.05) is 18.2 Å². The van der Waals surface area contributed by atoms with E-state index >= 15 is 0 Å². The van der Waals surface area contributed by atoms with Gasteiger partial charge in [0, 0.05) is 29.6 Å². The molecule has 1 N–H and O–H groups in total. The van der Waals surface area contributed by atoms with Gasteiger partial charge in [0.1, 0.15) is 0 Å². The van der Waals surface area contributed by atoms with E-state index in [4.69, 9.17) is 4.74 Å². The molecule has 1 atom stereocenters. The zero-order chi connectivity index (χ0) is 18.8. The molecule has 0 radical (unpaired) electrons. The van der Waals surface area contributed by atoms with Crippen molar-refractivity contribution in [3.8, 4) is 0 Å². The third kappa shape index (κ3) is 3.92. The smallest absolute Gasteiger partial charge is 0.264 e. The molecule has 142 valence electrons. The molecule has 2 aromatic rings. The monoisotopic (exact) mass is 384 g/mol. The van der Waals surface area contributed by atoms with Crippen LogP contribution in [0.2, 0.25) is 0 Å². The normalized spacial score (nSPS) is 19.4. The van der Waals surface area contributed by atoms with E-state index in [-0.39, 0.29) is 17.7 Å². The van der Waals surface area contributed by atoms with Gasteiger partial charge in [0.2, 0.25) is 5.91 Å². The van der Waals surface area contributed by atoms with Crippen LogP contribution in [-0.4, -0.2) is 43.0 Å². The Bertz CT molecular complexity index is 855. The maximum absolute atomic E-state index is 12.7. The zero-order valence-corrected chi connectivity index (χ0v) is 16.3. The number of fused-ring (bicyclic) bond motifs is 1. The first kappa shape index (κ1) is 18.2. The lowest BCUT2D eigenvalue weighted by molar-refractivity contribution is -0.120. The summed E-state index contributed by atoms with van der Waals surface area (Å²) in [5, 5.41) is 3.07. The van der Waals surface area contributed by atoms with Gasteiger partial charge in [0.25, 0.3) is 5.91 Å². The number of hydrogen-bond acceptors (Lipinski definition) is 4. The number of nitrogens with zero attached hydrogens (tertiary/aromatic N) is 1. The maximum atomic E-state index is 12.7. The molecule has 1 fully saturated rings. The summed E-state index contributed by atoms with van der Waals surface area (Å²) in [7, 11) is 0. The summed E-state index contributed by atoms with van der Waals surface area (Å²) in [6.45, 7) is 4.53. The van der Waals surface area contributed by atoms with Crippen LogP contribution in [0.3, 0.4) is 0 Å². The molecule has 1 saturated heterocycles. The highest BCUT2D eigenvalue weighted by Crippen LogP contribution is 2.33. The largest absolute Gasteiger partial charge is 0.378 e. The standard InChI is InChI=1S/C21H24N2O3S/c1-14-4-2-3-5-17(14)22-20(24)15-6-7-18-16(12-15)13-19(27-18)21(25)23-8-10-26-11-9-23/h2-5,13,15H,6-12H2,1H3,(H,22,24)/t15-/m1/s1. The molecule has 0 bridgehead atoms. The Labute approximate surface area is 163 Å². The minimum Gasteiger partial charge on any atom is -0.378 e. The SMILES string of the molecule is Cc1ccccc1NC(=O)[C@@H]1CCc2sc(C(=O)N3CCOCC3)cc2C1. The highest BCUT2D eigenvalue weighted by molar-refractivity contribution is 7.14. The molecule has 0 spiro atoms. The topological polar surface area (TPSA) is 58.6 Å². The van der Waals surface area contributed by atoms with E-state index in [1.54, 1.807) is 11.3 Å². The Hall–Kier alpha value is -2.18. The number of morpholine rings is 1. The number of hydrogen-bond donors (Lipinski definition) is 1. The summed E-state index contributed by atoms with van der Waals surface area (Å²) in [6, 6.07) is 9.84. The van der Waals surface area contributed by atoms with Crippen LogP contribution in [0.5, 0.6) is 0 Å². The lowest BCUT2D eigenvalue weighted by atomic mass is 9.87. The van der Waals surface area contributed by atoms with Crippen molar-refractivity contribution in [1.29, 1.82) is 0 Å². The van der Waals surface area contributed by atoms with Gasteiger partial charge in [-0.05, 0) is 49.4 Å². The van der Waals surface area contributed by atoms with E-state index in [2.05, 4.69) is 5.32 Å². The molecule has 1 aromatic carbocycles. The van der Waals surface area contributed by atoms with E-state index in [0.29, 0.717) is 32.7 Å². The van der Waals surface area contributed by atoms with Crippen LogP contribution in [0, 0.1) is 12.8 Å². The number of thiophene rings is 1. The zero-order valence-electron chi connectivity index (χ0n) is 15.5. The summed E-state index contributed by atoms with van der Waals surface area (Å²) in [4.78, 5) is 29.3. The summed E-state index contributed by atoms with van der Waals surface area (Å²) in [5.74, 6) is 0.124. The first-order valence-corrected chi connectivity index (χ1v) is 10.3. The summed E-state index contributed by atoms with van der Waals surface area (Å²) in [5.41, 5.74) is 3.10. The van der Waals surface area contributed by atoms with Crippen molar-refractivity contribution in [2.75, 3.05) is 31.6 Å². The fourth-order valence-electron chi connectivity index (χ4n) is 3.72. The molecular formula is C21H24N2O3S. The van der Waals surface area contributed by atoms with Gasteiger partial charge in [0.05, 0.1) is 18.1 Å². The molecule has 0 unspecified atom stereocenters. The maximum Gasteiger partial charge on any atom is 0.264 e. The predicted octanol–water partition coefficient (Wildman–Crippen LogP) is 3.27. The lowest BCUT2D eigenvalue weighted by Crippen LogP contribution is -2.40. The number of nitrogens with one attached hydrogen (secondary N) is 1. The molecular weight excluding hydrogens is 360 g/mol. The first-order chi connectivity index (χ1) is 13.1. The Morgan fingerprint density at radius 1 is 1.22 bits per heavy atom. The van der Waals surface area contributed by atoms with E-state index in [1.807, 2.05) is 42.2 Å². The second-order valence-electron chi connectivity index (χ2n) is 7.21. The van der Waals surface area contributed by atoms with Crippen LogP contribution in [0.4, 0.5) is 5.69 Å². The molecule has 5 nitrogen and oxygen atoms in total. The van der Waals surface area contributed by atoms with E-state index in [1.165, 1.54) is 4.88 Å². The van der Waals surface area contributed by atoms with Crippen molar-refractivity contribution >= 4 is 28.8 Å². The van der Waals surface area contributed by atoms with Crippen LogP contribution in [0.25, 0.3) is 0 Å². The summed E-state index contributed by atoms with van der Waals surface area (Å²) < 4.78 is 5.33. The Morgan fingerprint density at radius 3 is 2.78 bits per heavy atom. The fourth-order valence-corrected chi connectivity index (χ4v) is 4.90. The number of amides is 2. The Balaban J connectivity index is 1.44. The van der Waals surface area contributed by atoms with Gasteiger partial charge in [-0.3, -0.25) is 9.59 Å². The minimum atomic E-state index is -0.0435. The number of rotatable bonds is 3. The van der Waals surface area contributed by atoms with Gasteiger partial charge in [0.15, 0.2) is 0 Å². The fraction of sp³-hybridized carbons (Fsp3) is 0.429. The number of para-hydroxylation sites is 1. The lowest BCUT2D eigenvalue weighted by Gasteiger charge is -2.26. The van der Waals surface area contributed by atoms with Crippen molar-refractivity contribution < 1.29 is 14.3 Å². The highest BCUT2D eigenvalue weighted by atomic mass is 32.1. The van der Waals surface area contributed by atoms with Crippen LogP contribution >= 0.6 is 11.3 Å². The van der Waals surface area contributed by atoms with Crippen molar-refractivity contribution in [2.24, 2.45) is 5.92 Å². The molecule has 1 aromatic heterocycles. The number of aryl methyl sites for hydroxylation is 2. The first-order valence-electron chi connectivity index (χ1n) is 9.47.